The highest BCUT2D eigenvalue weighted by Crippen LogP contribution is 2.22. The van der Waals surface area contributed by atoms with Crippen LogP contribution in [0, 0.1) is 0 Å². The normalized spacial score (nSPS) is 23.0. The lowest BCUT2D eigenvalue weighted by Gasteiger charge is -2.26. The SMILES string of the molecule is CC(NC1CCCSC1)c1cccc(Br)c1. The molecule has 0 aromatic heterocycles. The number of thioether (sulfide) groups is 1. The van der Waals surface area contributed by atoms with Gasteiger partial charge in [0.25, 0.3) is 0 Å². The van der Waals surface area contributed by atoms with Crippen LogP contribution in [0.1, 0.15) is 31.4 Å². The first-order valence-corrected chi connectivity index (χ1v) is 7.80. The van der Waals surface area contributed by atoms with Crippen molar-refractivity contribution < 1.29 is 0 Å². The van der Waals surface area contributed by atoms with E-state index in [1.165, 1.54) is 29.9 Å². The van der Waals surface area contributed by atoms with Crippen LogP contribution in [-0.2, 0) is 0 Å². The molecule has 0 bridgehead atoms. The van der Waals surface area contributed by atoms with E-state index in [4.69, 9.17) is 0 Å². The summed E-state index contributed by atoms with van der Waals surface area (Å²) in [6.45, 7) is 2.25. The number of hydrogen-bond donors (Lipinski definition) is 1. The fraction of sp³-hybridized carbons (Fsp3) is 0.538. The van der Waals surface area contributed by atoms with Crippen LogP contribution in [0.3, 0.4) is 0 Å². The molecule has 0 amide bonds. The molecule has 1 heterocycles. The van der Waals surface area contributed by atoms with Crippen molar-refractivity contribution >= 4 is 27.7 Å². The number of halogens is 1. The molecule has 1 saturated heterocycles. The molecular weight excluding hydrogens is 282 g/mol. The van der Waals surface area contributed by atoms with Gasteiger partial charge < -0.3 is 5.32 Å². The summed E-state index contributed by atoms with van der Waals surface area (Å²) in [6, 6.07) is 9.71. The Morgan fingerprint density at radius 3 is 3.06 bits per heavy atom. The molecule has 1 aromatic rings. The van der Waals surface area contributed by atoms with E-state index in [9.17, 15) is 0 Å². The van der Waals surface area contributed by atoms with E-state index >= 15 is 0 Å². The van der Waals surface area contributed by atoms with E-state index in [2.05, 4.69) is 64.2 Å². The van der Waals surface area contributed by atoms with Crippen molar-refractivity contribution in [1.82, 2.24) is 5.32 Å². The van der Waals surface area contributed by atoms with Crippen molar-refractivity contribution in [3.8, 4) is 0 Å². The minimum atomic E-state index is 0.446. The van der Waals surface area contributed by atoms with Gasteiger partial charge in [-0.25, -0.2) is 0 Å². The number of hydrogen-bond acceptors (Lipinski definition) is 2. The highest BCUT2D eigenvalue weighted by atomic mass is 79.9. The molecule has 16 heavy (non-hydrogen) atoms. The van der Waals surface area contributed by atoms with Gasteiger partial charge in [-0.1, -0.05) is 28.1 Å². The lowest BCUT2D eigenvalue weighted by molar-refractivity contribution is 0.452. The van der Waals surface area contributed by atoms with E-state index in [-0.39, 0.29) is 0 Å². The monoisotopic (exact) mass is 299 g/mol. The standard InChI is InChI=1S/C13H18BrNS/c1-10(11-4-2-5-12(14)8-11)15-13-6-3-7-16-9-13/h2,4-5,8,10,13,15H,3,6-7,9H2,1H3. The molecule has 0 spiro atoms. The zero-order valence-electron chi connectivity index (χ0n) is 9.58. The highest BCUT2D eigenvalue weighted by Gasteiger charge is 2.16. The van der Waals surface area contributed by atoms with Gasteiger partial charge in [0.15, 0.2) is 0 Å². The Balaban J connectivity index is 1.94. The van der Waals surface area contributed by atoms with Gasteiger partial charge in [-0.2, -0.15) is 11.8 Å². The van der Waals surface area contributed by atoms with E-state index in [1.807, 2.05) is 0 Å². The Kier molecular flexibility index (Phi) is 4.74. The summed E-state index contributed by atoms with van der Waals surface area (Å²) >= 11 is 5.60. The summed E-state index contributed by atoms with van der Waals surface area (Å²) in [7, 11) is 0. The van der Waals surface area contributed by atoms with E-state index in [0.29, 0.717) is 12.1 Å². The first-order valence-electron chi connectivity index (χ1n) is 5.85. The zero-order valence-corrected chi connectivity index (χ0v) is 12.0. The Labute approximate surface area is 111 Å². The predicted molar refractivity (Wildman–Crippen MR) is 76.0 cm³/mol. The van der Waals surface area contributed by atoms with E-state index in [0.717, 1.165) is 4.47 Å². The molecular formula is C13H18BrNS. The highest BCUT2D eigenvalue weighted by molar-refractivity contribution is 9.10. The average molecular weight is 300 g/mol. The molecule has 3 heteroatoms. The molecule has 1 nitrogen and oxygen atoms in total. The topological polar surface area (TPSA) is 12.0 Å². The van der Waals surface area contributed by atoms with E-state index < -0.39 is 0 Å². The summed E-state index contributed by atoms with van der Waals surface area (Å²) in [5.41, 5.74) is 1.37. The lowest BCUT2D eigenvalue weighted by atomic mass is 10.1. The molecule has 1 aliphatic heterocycles. The molecule has 2 rings (SSSR count). The Morgan fingerprint density at radius 2 is 2.38 bits per heavy atom. The zero-order chi connectivity index (χ0) is 11.4. The molecule has 0 aliphatic carbocycles. The molecule has 2 atom stereocenters. The molecule has 1 fully saturated rings. The summed E-state index contributed by atoms with van der Waals surface area (Å²) in [6.07, 6.45) is 2.68. The van der Waals surface area contributed by atoms with Gasteiger partial charge in [-0.15, -0.1) is 0 Å². The molecule has 1 N–H and O–H groups in total. The van der Waals surface area contributed by atoms with Crippen LogP contribution < -0.4 is 5.32 Å². The summed E-state index contributed by atoms with van der Waals surface area (Å²) in [4.78, 5) is 0. The quantitative estimate of drug-likeness (QED) is 0.905. The molecule has 88 valence electrons. The smallest absolute Gasteiger partial charge is 0.0295 e. The maximum absolute atomic E-state index is 3.72. The summed E-state index contributed by atoms with van der Waals surface area (Å²) in [5.74, 6) is 2.60. The van der Waals surface area contributed by atoms with Crippen LogP contribution in [0.5, 0.6) is 0 Å². The van der Waals surface area contributed by atoms with Gasteiger partial charge in [-0.3, -0.25) is 0 Å². The van der Waals surface area contributed by atoms with Crippen molar-refractivity contribution in [2.75, 3.05) is 11.5 Å². The second-order valence-corrected chi connectivity index (χ2v) is 6.42. The minimum absolute atomic E-state index is 0.446. The minimum Gasteiger partial charge on any atom is -0.307 e. The molecule has 0 radical (unpaired) electrons. The van der Waals surface area contributed by atoms with Crippen LogP contribution in [0.15, 0.2) is 28.7 Å². The van der Waals surface area contributed by atoms with Crippen molar-refractivity contribution in [1.29, 1.82) is 0 Å². The molecule has 1 aliphatic rings. The number of nitrogens with one attached hydrogen (secondary N) is 1. The number of rotatable bonds is 3. The maximum atomic E-state index is 3.72. The largest absolute Gasteiger partial charge is 0.307 e. The lowest BCUT2D eigenvalue weighted by Crippen LogP contribution is -2.35. The van der Waals surface area contributed by atoms with Gasteiger partial charge in [0.2, 0.25) is 0 Å². The fourth-order valence-corrected chi connectivity index (χ4v) is 3.60. The van der Waals surface area contributed by atoms with Crippen molar-refractivity contribution in [3.63, 3.8) is 0 Å². The van der Waals surface area contributed by atoms with E-state index in [1.54, 1.807) is 0 Å². The van der Waals surface area contributed by atoms with Crippen LogP contribution >= 0.6 is 27.7 Å². The molecule has 1 aromatic carbocycles. The van der Waals surface area contributed by atoms with Crippen LogP contribution in [0.25, 0.3) is 0 Å². The van der Waals surface area contributed by atoms with Crippen LogP contribution in [0.2, 0.25) is 0 Å². The molecule has 2 unspecified atom stereocenters. The first kappa shape index (κ1) is 12.5. The second kappa shape index (κ2) is 6.08. The van der Waals surface area contributed by atoms with Gasteiger partial charge in [0.1, 0.15) is 0 Å². The summed E-state index contributed by atoms with van der Waals surface area (Å²) < 4.78 is 1.16. The van der Waals surface area contributed by atoms with Gasteiger partial charge >= 0.3 is 0 Å². The van der Waals surface area contributed by atoms with Gasteiger partial charge in [-0.05, 0) is 43.2 Å². The van der Waals surface area contributed by atoms with Crippen molar-refractivity contribution in [2.24, 2.45) is 0 Å². The second-order valence-electron chi connectivity index (χ2n) is 4.36. The third-order valence-corrected chi connectivity index (χ3v) is 4.70. The van der Waals surface area contributed by atoms with Crippen molar-refractivity contribution in [3.05, 3.63) is 34.3 Å². The Hall–Kier alpha value is 0.01000. The fourth-order valence-electron chi connectivity index (χ4n) is 2.10. The Morgan fingerprint density at radius 1 is 1.50 bits per heavy atom. The van der Waals surface area contributed by atoms with Crippen LogP contribution in [0.4, 0.5) is 0 Å². The van der Waals surface area contributed by atoms with Gasteiger partial charge in [0.05, 0.1) is 0 Å². The number of benzene rings is 1. The Bertz CT molecular complexity index is 336. The predicted octanol–water partition coefficient (Wildman–Crippen LogP) is 4.00. The molecule has 0 saturated carbocycles. The van der Waals surface area contributed by atoms with Gasteiger partial charge in [0, 0.05) is 22.3 Å². The third kappa shape index (κ3) is 3.51. The average Bonchev–Trinajstić information content (AvgIpc) is 2.30. The maximum Gasteiger partial charge on any atom is 0.0295 e. The van der Waals surface area contributed by atoms with Crippen LogP contribution in [-0.4, -0.2) is 17.5 Å². The third-order valence-electron chi connectivity index (χ3n) is 2.99. The summed E-state index contributed by atoms with van der Waals surface area (Å²) in [5, 5.41) is 3.72. The first-order chi connectivity index (χ1) is 7.75. The van der Waals surface area contributed by atoms with Crippen molar-refractivity contribution in [2.45, 2.75) is 31.8 Å².